The van der Waals surface area contributed by atoms with Crippen molar-refractivity contribution < 1.29 is 0 Å². The van der Waals surface area contributed by atoms with E-state index in [2.05, 4.69) is 43.0 Å². The first kappa shape index (κ1) is 15.5. The first-order valence-corrected chi connectivity index (χ1v) is 8.27. The van der Waals surface area contributed by atoms with E-state index < -0.39 is 0 Å². The summed E-state index contributed by atoms with van der Waals surface area (Å²) in [6.07, 6.45) is 7.87. The molecule has 1 aliphatic heterocycles. The van der Waals surface area contributed by atoms with Gasteiger partial charge in [-0.15, -0.1) is 0 Å². The smallest absolute Gasteiger partial charge is 0.0307 e. The monoisotopic (exact) mass is 274 g/mol. The molecule has 1 fully saturated rings. The van der Waals surface area contributed by atoms with Crippen LogP contribution in [-0.4, -0.2) is 24.0 Å². The lowest BCUT2D eigenvalue weighted by Gasteiger charge is -2.36. The molecule has 1 aromatic rings. The van der Waals surface area contributed by atoms with Gasteiger partial charge in [-0.3, -0.25) is 0 Å². The number of benzene rings is 1. The van der Waals surface area contributed by atoms with Gasteiger partial charge in [0.25, 0.3) is 0 Å². The molecule has 1 aromatic carbocycles. The van der Waals surface area contributed by atoms with Crippen molar-refractivity contribution in [3.05, 3.63) is 35.4 Å². The van der Waals surface area contributed by atoms with Crippen LogP contribution in [0.15, 0.2) is 24.3 Å². The van der Waals surface area contributed by atoms with Crippen molar-refractivity contribution in [1.29, 1.82) is 0 Å². The van der Waals surface area contributed by atoms with Gasteiger partial charge in [0.2, 0.25) is 0 Å². The Bertz CT molecular complexity index is 383. The zero-order valence-electron chi connectivity index (χ0n) is 13.1. The third-order valence-electron chi connectivity index (χ3n) is 4.60. The van der Waals surface area contributed by atoms with E-state index in [1.165, 1.54) is 49.8 Å². The molecular weight excluding hydrogens is 244 g/mol. The lowest BCUT2D eigenvalue weighted by atomic mass is 9.96. The summed E-state index contributed by atoms with van der Waals surface area (Å²) >= 11 is 0. The molecule has 0 radical (unpaired) electrons. The number of aryl methyl sites for hydroxylation is 1. The highest BCUT2D eigenvalue weighted by Crippen LogP contribution is 2.23. The van der Waals surface area contributed by atoms with E-state index in [9.17, 15) is 0 Å². The Kier molecular flexibility index (Phi) is 6.06. The topological polar surface area (TPSA) is 29.3 Å². The zero-order chi connectivity index (χ0) is 14.4. The second-order valence-electron chi connectivity index (χ2n) is 6.28. The highest BCUT2D eigenvalue weighted by Gasteiger charge is 2.21. The summed E-state index contributed by atoms with van der Waals surface area (Å²) in [5.41, 5.74) is 8.94. The second-order valence-corrected chi connectivity index (χ2v) is 6.28. The predicted molar refractivity (Wildman–Crippen MR) is 86.8 cm³/mol. The number of piperidine rings is 1. The van der Waals surface area contributed by atoms with Crippen LogP contribution in [0.2, 0.25) is 0 Å². The van der Waals surface area contributed by atoms with Crippen LogP contribution < -0.4 is 5.73 Å². The fraction of sp³-hybridized carbons (Fsp3) is 0.667. The van der Waals surface area contributed by atoms with Gasteiger partial charge in [-0.05, 0) is 44.7 Å². The molecule has 0 spiro atoms. The van der Waals surface area contributed by atoms with Crippen LogP contribution in [0.1, 0.15) is 62.6 Å². The number of nitrogens with zero attached hydrogens (tertiary/aromatic N) is 1. The summed E-state index contributed by atoms with van der Waals surface area (Å²) in [5.74, 6) is 0. The van der Waals surface area contributed by atoms with E-state index in [-0.39, 0.29) is 6.04 Å². The summed E-state index contributed by atoms with van der Waals surface area (Å²) in [5, 5.41) is 0. The van der Waals surface area contributed by atoms with Gasteiger partial charge in [0.15, 0.2) is 0 Å². The van der Waals surface area contributed by atoms with Crippen LogP contribution in [0.25, 0.3) is 0 Å². The number of hydrogen-bond acceptors (Lipinski definition) is 2. The van der Waals surface area contributed by atoms with E-state index in [0.29, 0.717) is 0 Å². The quantitative estimate of drug-likeness (QED) is 0.848. The molecule has 2 heteroatoms. The minimum absolute atomic E-state index is 0.180. The van der Waals surface area contributed by atoms with Crippen LogP contribution >= 0.6 is 0 Å². The maximum atomic E-state index is 6.35. The number of rotatable bonds is 6. The number of hydrogen-bond donors (Lipinski definition) is 1. The van der Waals surface area contributed by atoms with Crippen LogP contribution in [0, 0.1) is 6.92 Å². The van der Waals surface area contributed by atoms with E-state index >= 15 is 0 Å². The molecule has 0 aliphatic carbocycles. The predicted octanol–water partition coefficient (Wildman–Crippen LogP) is 4.04. The van der Waals surface area contributed by atoms with Gasteiger partial charge in [-0.1, -0.05) is 49.6 Å². The average Bonchev–Trinajstić information content (AvgIpc) is 2.47. The molecule has 0 amide bonds. The lowest BCUT2D eigenvalue weighted by Crippen LogP contribution is -2.40. The molecule has 2 rings (SSSR count). The van der Waals surface area contributed by atoms with Gasteiger partial charge >= 0.3 is 0 Å². The van der Waals surface area contributed by atoms with Gasteiger partial charge in [-0.2, -0.15) is 0 Å². The van der Waals surface area contributed by atoms with Crippen molar-refractivity contribution in [1.82, 2.24) is 4.90 Å². The van der Waals surface area contributed by atoms with Gasteiger partial charge < -0.3 is 10.6 Å². The standard InChI is InChI=1S/C18H30N2/c1-3-6-17-7-4-5-13-20(17)14-12-18(19)16-10-8-15(2)9-11-16/h8-11,17-18H,3-7,12-14,19H2,1-2H3. The largest absolute Gasteiger partial charge is 0.324 e. The Hall–Kier alpha value is -0.860. The second kappa shape index (κ2) is 7.80. The highest BCUT2D eigenvalue weighted by molar-refractivity contribution is 5.23. The first-order valence-electron chi connectivity index (χ1n) is 8.27. The molecule has 2 unspecified atom stereocenters. The molecule has 2 N–H and O–H groups in total. The van der Waals surface area contributed by atoms with Gasteiger partial charge in [0.05, 0.1) is 0 Å². The molecule has 0 bridgehead atoms. The van der Waals surface area contributed by atoms with E-state index in [0.717, 1.165) is 19.0 Å². The average molecular weight is 274 g/mol. The molecule has 2 atom stereocenters. The summed E-state index contributed by atoms with van der Waals surface area (Å²) in [7, 11) is 0. The molecule has 0 aromatic heterocycles. The molecule has 1 aliphatic rings. The van der Waals surface area contributed by atoms with Crippen molar-refractivity contribution in [2.24, 2.45) is 5.73 Å². The van der Waals surface area contributed by atoms with E-state index in [1.807, 2.05) is 0 Å². The normalized spacial score (nSPS) is 21.9. The molecule has 112 valence electrons. The van der Waals surface area contributed by atoms with Gasteiger partial charge in [-0.25, -0.2) is 0 Å². The third kappa shape index (κ3) is 4.32. The zero-order valence-corrected chi connectivity index (χ0v) is 13.1. The molecule has 20 heavy (non-hydrogen) atoms. The molecular formula is C18H30N2. The minimum Gasteiger partial charge on any atom is -0.324 e. The van der Waals surface area contributed by atoms with Crippen LogP contribution in [0.4, 0.5) is 0 Å². The summed E-state index contributed by atoms with van der Waals surface area (Å²) < 4.78 is 0. The Morgan fingerprint density at radius 2 is 2.00 bits per heavy atom. The summed E-state index contributed by atoms with van der Waals surface area (Å²) in [6.45, 7) is 6.84. The van der Waals surface area contributed by atoms with Crippen molar-refractivity contribution in [2.45, 2.75) is 64.5 Å². The number of likely N-dealkylation sites (tertiary alicyclic amines) is 1. The fourth-order valence-corrected chi connectivity index (χ4v) is 3.30. The minimum atomic E-state index is 0.180. The highest BCUT2D eigenvalue weighted by atomic mass is 15.2. The Morgan fingerprint density at radius 3 is 2.70 bits per heavy atom. The van der Waals surface area contributed by atoms with E-state index in [4.69, 9.17) is 5.73 Å². The Morgan fingerprint density at radius 1 is 1.25 bits per heavy atom. The maximum absolute atomic E-state index is 6.35. The molecule has 0 saturated carbocycles. The molecule has 2 nitrogen and oxygen atoms in total. The number of nitrogens with two attached hydrogens (primary N) is 1. The van der Waals surface area contributed by atoms with Crippen molar-refractivity contribution in [2.75, 3.05) is 13.1 Å². The first-order chi connectivity index (χ1) is 9.70. The Balaban J connectivity index is 1.85. The summed E-state index contributed by atoms with van der Waals surface area (Å²) in [4.78, 5) is 2.68. The molecule has 1 heterocycles. The van der Waals surface area contributed by atoms with Crippen molar-refractivity contribution >= 4 is 0 Å². The lowest BCUT2D eigenvalue weighted by molar-refractivity contribution is 0.135. The Labute approximate surface area is 124 Å². The third-order valence-corrected chi connectivity index (χ3v) is 4.60. The van der Waals surface area contributed by atoms with Crippen molar-refractivity contribution in [3.8, 4) is 0 Å². The maximum Gasteiger partial charge on any atom is 0.0307 e. The SMILES string of the molecule is CCCC1CCCCN1CCC(N)c1ccc(C)cc1. The van der Waals surface area contributed by atoms with Crippen LogP contribution in [-0.2, 0) is 0 Å². The van der Waals surface area contributed by atoms with Gasteiger partial charge in [0, 0.05) is 18.6 Å². The van der Waals surface area contributed by atoms with Gasteiger partial charge in [0.1, 0.15) is 0 Å². The van der Waals surface area contributed by atoms with Crippen LogP contribution in [0.5, 0.6) is 0 Å². The summed E-state index contributed by atoms with van der Waals surface area (Å²) in [6, 6.07) is 9.67. The van der Waals surface area contributed by atoms with Crippen molar-refractivity contribution in [3.63, 3.8) is 0 Å². The fourth-order valence-electron chi connectivity index (χ4n) is 3.30. The van der Waals surface area contributed by atoms with Crippen LogP contribution in [0.3, 0.4) is 0 Å². The molecule has 1 saturated heterocycles. The van der Waals surface area contributed by atoms with E-state index in [1.54, 1.807) is 0 Å².